The van der Waals surface area contributed by atoms with E-state index in [1.165, 1.54) is 6.92 Å². The Morgan fingerprint density at radius 1 is 1.13 bits per heavy atom. The summed E-state index contributed by atoms with van der Waals surface area (Å²) in [6.45, 7) is 5.26. The lowest BCUT2D eigenvalue weighted by Gasteiger charge is -2.19. The van der Waals surface area contributed by atoms with E-state index in [0.29, 0.717) is 12.2 Å². The molecule has 0 saturated heterocycles. The van der Waals surface area contributed by atoms with Gasteiger partial charge in [-0.3, -0.25) is 4.79 Å². The predicted molar refractivity (Wildman–Crippen MR) is 96.1 cm³/mol. The largest absolute Gasteiger partial charge is 0.430 e. The van der Waals surface area contributed by atoms with Crippen LogP contribution in [-0.4, -0.2) is 5.97 Å². The maximum Gasteiger partial charge on any atom is 0.307 e. The summed E-state index contributed by atoms with van der Waals surface area (Å²) < 4.78 is 5.49. The van der Waals surface area contributed by atoms with Crippen LogP contribution in [0.4, 0.5) is 0 Å². The van der Waals surface area contributed by atoms with E-state index in [-0.39, 0.29) is 11.9 Å². The monoisotopic (exact) mass is 324 g/mol. The Morgan fingerprint density at radius 2 is 1.74 bits per heavy atom. The Labute approximate surface area is 141 Å². The van der Waals surface area contributed by atoms with Crippen molar-refractivity contribution >= 4 is 17.7 Å². The van der Waals surface area contributed by atoms with Crippen LogP contribution >= 0.6 is 11.8 Å². The van der Waals surface area contributed by atoms with Gasteiger partial charge >= 0.3 is 5.97 Å². The van der Waals surface area contributed by atoms with Crippen LogP contribution in [-0.2, 0) is 9.53 Å². The minimum absolute atomic E-state index is 0.0196. The maximum atomic E-state index is 11.5. The van der Waals surface area contributed by atoms with Crippen molar-refractivity contribution in [3.8, 4) is 0 Å². The third-order valence-electron chi connectivity index (χ3n) is 3.26. The lowest BCUT2D eigenvalue weighted by atomic mass is 9.94. The number of benzene rings is 2. The van der Waals surface area contributed by atoms with Crippen LogP contribution in [0.3, 0.4) is 0 Å². The summed E-state index contributed by atoms with van der Waals surface area (Å²) in [7, 11) is 0. The van der Waals surface area contributed by atoms with Crippen molar-refractivity contribution in [2.75, 3.05) is 0 Å². The molecule has 2 aromatic rings. The van der Waals surface area contributed by atoms with Gasteiger partial charge in [0.1, 0.15) is 5.76 Å². The molecule has 0 heterocycles. The summed E-state index contributed by atoms with van der Waals surface area (Å²) >= 11 is 1.55. The summed E-state index contributed by atoms with van der Waals surface area (Å²) in [5, 5.41) is 1.91. The summed E-state index contributed by atoms with van der Waals surface area (Å²) in [6.07, 6.45) is 2.56. The first-order chi connectivity index (χ1) is 11.2. The number of thioether (sulfide) groups is 1. The van der Waals surface area contributed by atoms with E-state index in [0.717, 1.165) is 10.5 Å². The highest BCUT2D eigenvalue weighted by molar-refractivity contribution is 8.02. The van der Waals surface area contributed by atoms with Gasteiger partial charge in [-0.25, -0.2) is 0 Å². The Hall–Kier alpha value is -2.26. The second-order valence-corrected chi connectivity index (χ2v) is 5.98. The molecule has 1 unspecified atom stereocenters. The van der Waals surface area contributed by atoms with Crippen LogP contribution in [0.15, 0.2) is 89.4 Å². The molecule has 2 rings (SSSR count). The van der Waals surface area contributed by atoms with Gasteiger partial charge in [-0.05, 0) is 24.1 Å². The Kier molecular flexibility index (Phi) is 6.70. The van der Waals surface area contributed by atoms with Crippen LogP contribution in [0, 0.1) is 0 Å². The normalized spacial score (nSPS) is 12.5. The fourth-order valence-electron chi connectivity index (χ4n) is 2.24. The van der Waals surface area contributed by atoms with Gasteiger partial charge in [0.05, 0.1) is 0 Å². The van der Waals surface area contributed by atoms with E-state index in [1.807, 2.05) is 72.1 Å². The molecule has 0 bridgehead atoms. The Balaban J connectivity index is 2.30. The van der Waals surface area contributed by atoms with E-state index in [4.69, 9.17) is 4.74 Å². The third-order valence-corrected chi connectivity index (χ3v) is 4.16. The zero-order chi connectivity index (χ0) is 16.5. The topological polar surface area (TPSA) is 26.3 Å². The van der Waals surface area contributed by atoms with Gasteiger partial charge in [0.15, 0.2) is 0 Å². The zero-order valence-corrected chi connectivity index (χ0v) is 14.0. The SMILES string of the molecule is C=CCC(/C(=C/Sc1ccccc1)OC(C)=O)c1ccccc1. The van der Waals surface area contributed by atoms with Crippen molar-refractivity contribution in [3.05, 3.63) is 90.0 Å². The maximum absolute atomic E-state index is 11.5. The summed E-state index contributed by atoms with van der Waals surface area (Å²) in [5.41, 5.74) is 1.11. The number of hydrogen-bond acceptors (Lipinski definition) is 3. The van der Waals surface area contributed by atoms with Crippen LogP contribution in [0.2, 0.25) is 0 Å². The highest BCUT2D eigenvalue weighted by Crippen LogP contribution is 2.32. The van der Waals surface area contributed by atoms with Crippen LogP contribution in [0.5, 0.6) is 0 Å². The highest BCUT2D eigenvalue weighted by Gasteiger charge is 2.18. The van der Waals surface area contributed by atoms with Gasteiger partial charge < -0.3 is 4.74 Å². The summed E-state index contributed by atoms with van der Waals surface area (Å²) in [4.78, 5) is 12.6. The number of rotatable bonds is 7. The molecule has 3 heteroatoms. The number of esters is 1. The molecule has 0 fully saturated rings. The van der Waals surface area contributed by atoms with Gasteiger partial charge in [0, 0.05) is 23.1 Å². The lowest BCUT2D eigenvalue weighted by molar-refractivity contribution is -0.137. The standard InChI is InChI=1S/C20H20O2S/c1-3-10-19(17-11-6-4-7-12-17)20(22-16(2)21)15-23-18-13-8-5-9-14-18/h3-9,11-15,19H,1,10H2,2H3/b20-15-. The molecule has 118 valence electrons. The molecule has 23 heavy (non-hydrogen) atoms. The average Bonchev–Trinajstić information content (AvgIpc) is 2.58. The second kappa shape index (κ2) is 9.01. The highest BCUT2D eigenvalue weighted by atomic mass is 32.2. The van der Waals surface area contributed by atoms with Crippen LogP contribution in [0.1, 0.15) is 24.8 Å². The molecule has 0 aliphatic carbocycles. The van der Waals surface area contributed by atoms with Crippen molar-refractivity contribution in [3.63, 3.8) is 0 Å². The molecule has 2 nitrogen and oxygen atoms in total. The second-order valence-electron chi connectivity index (χ2n) is 5.03. The quantitative estimate of drug-likeness (QED) is 0.289. The van der Waals surface area contributed by atoms with Crippen molar-refractivity contribution in [2.24, 2.45) is 0 Å². The molecule has 0 aromatic heterocycles. The first kappa shape index (κ1) is 17.1. The summed E-state index contributed by atoms with van der Waals surface area (Å²) in [5.74, 6) is 0.321. The van der Waals surface area contributed by atoms with Gasteiger partial charge in [-0.2, -0.15) is 0 Å². The van der Waals surface area contributed by atoms with E-state index < -0.39 is 0 Å². The Morgan fingerprint density at radius 3 is 2.30 bits per heavy atom. The molecule has 0 aliphatic heterocycles. The fraction of sp³-hybridized carbons (Fsp3) is 0.150. The fourth-order valence-corrected chi connectivity index (χ4v) is 3.02. The molecular formula is C20H20O2S. The molecular weight excluding hydrogens is 304 g/mol. The number of ether oxygens (including phenoxy) is 1. The van der Waals surface area contributed by atoms with Crippen LogP contribution < -0.4 is 0 Å². The third kappa shape index (κ3) is 5.46. The minimum atomic E-state index is -0.310. The van der Waals surface area contributed by atoms with E-state index in [9.17, 15) is 4.79 Å². The van der Waals surface area contributed by atoms with Gasteiger partial charge in [-0.15, -0.1) is 6.58 Å². The van der Waals surface area contributed by atoms with E-state index >= 15 is 0 Å². The number of carbonyl (C=O) groups is 1. The molecule has 1 atom stereocenters. The first-order valence-electron chi connectivity index (χ1n) is 7.46. The first-order valence-corrected chi connectivity index (χ1v) is 8.34. The predicted octanol–water partition coefficient (Wildman–Crippen LogP) is 5.54. The molecule has 0 amide bonds. The number of carbonyl (C=O) groups excluding carboxylic acids is 1. The average molecular weight is 324 g/mol. The zero-order valence-electron chi connectivity index (χ0n) is 13.1. The number of allylic oxidation sites excluding steroid dienone is 2. The van der Waals surface area contributed by atoms with Crippen molar-refractivity contribution in [1.29, 1.82) is 0 Å². The number of hydrogen-bond donors (Lipinski definition) is 0. The Bertz CT molecular complexity index is 663. The lowest BCUT2D eigenvalue weighted by Crippen LogP contribution is -2.08. The summed E-state index contributed by atoms with van der Waals surface area (Å²) in [6, 6.07) is 20.0. The van der Waals surface area contributed by atoms with Gasteiger partial charge in [0.25, 0.3) is 0 Å². The van der Waals surface area contributed by atoms with Crippen molar-refractivity contribution in [2.45, 2.75) is 24.2 Å². The molecule has 0 radical (unpaired) electrons. The molecule has 0 saturated carbocycles. The smallest absolute Gasteiger partial charge is 0.307 e. The molecule has 0 N–H and O–H groups in total. The van der Waals surface area contributed by atoms with E-state index in [2.05, 4.69) is 6.58 Å². The van der Waals surface area contributed by atoms with Gasteiger partial charge in [-0.1, -0.05) is 66.4 Å². The van der Waals surface area contributed by atoms with E-state index in [1.54, 1.807) is 11.8 Å². The van der Waals surface area contributed by atoms with Gasteiger partial charge in [0.2, 0.25) is 0 Å². The van der Waals surface area contributed by atoms with Crippen molar-refractivity contribution < 1.29 is 9.53 Å². The molecule has 2 aromatic carbocycles. The van der Waals surface area contributed by atoms with Crippen LogP contribution in [0.25, 0.3) is 0 Å². The minimum Gasteiger partial charge on any atom is -0.430 e. The van der Waals surface area contributed by atoms with Crippen molar-refractivity contribution in [1.82, 2.24) is 0 Å². The molecule has 0 aliphatic rings. The molecule has 0 spiro atoms.